The lowest BCUT2D eigenvalue weighted by Crippen LogP contribution is -2.31. The molecule has 0 saturated carbocycles. The van der Waals surface area contributed by atoms with E-state index in [1.165, 1.54) is 26.5 Å². The molecule has 0 unspecified atom stereocenters. The Bertz CT molecular complexity index is 1630. The monoisotopic (exact) mass is 564 g/mol. The number of benzene rings is 1. The van der Waals surface area contributed by atoms with E-state index in [0.717, 1.165) is 19.4 Å². The fourth-order valence-corrected chi connectivity index (χ4v) is 4.91. The molecule has 12 nitrogen and oxygen atoms in total. The second kappa shape index (κ2) is 11.7. The lowest BCUT2D eigenvalue weighted by Gasteiger charge is -2.26. The van der Waals surface area contributed by atoms with E-state index in [1.807, 2.05) is 49.3 Å². The van der Waals surface area contributed by atoms with Crippen LogP contribution in [0.4, 0.5) is 17.2 Å². The average Bonchev–Trinajstić information content (AvgIpc) is 3.60. The van der Waals surface area contributed by atoms with E-state index < -0.39 is 10.2 Å². The topological polar surface area (TPSA) is 120 Å². The fraction of sp³-hybridized carbons (Fsp3) is 0.259. The van der Waals surface area contributed by atoms with Crippen molar-refractivity contribution < 1.29 is 17.9 Å². The Morgan fingerprint density at radius 1 is 1.15 bits per heavy atom. The van der Waals surface area contributed by atoms with Crippen molar-refractivity contribution in [2.45, 2.75) is 13.5 Å². The number of imidazole rings is 1. The lowest BCUT2D eigenvalue weighted by molar-refractivity contribution is 0.394. The number of methoxy groups -OCH3 is 2. The van der Waals surface area contributed by atoms with Gasteiger partial charge in [0.25, 0.3) is 0 Å². The van der Waals surface area contributed by atoms with E-state index in [-0.39, 0.29) is 12.4 Å². The van der Waals surface area contributed by atoms with E-state index in [1.54, 1.807) is 37.2 Å². The number of pyridine rings is 1. The van der Waals surface area contributed by atoms with Crippen molar-refractivity contribution in [3.05, 3.63) is 72.2 Å². The number of nitrogens with zero attached hydrogens (tertiary/aromatic N) is 8. The molecule has 0 aliphatic carbocycles. The third-order valence-electron chi connectivity index (χ3n) is 6.19. The van der Waals surface area contributed by atoms with Crippen LogP contribution >= 0.6 is 0 Å². The van der Waals surface area contributed by atoms with Crippen LogP contribution in [0.25, 0.3) is 11.6 Å². The van der Waals surface area contributed by atoms with Crippen molar-refractivity contribution >= 4 is 45.8 Å². The Labute approximate surface area is 234 Å². The van der Waals surface area contributed by atoms with Gasteiger partial charge in [0.2, 0.25) is 0 Å². The summed E-state index contributed by atoms with van der Waals surface area (Å²) < 4.78 is 41.0. The molecule has 0 N–H and O–H groups in total. The fourth-order valence-electron chi connectivity index (χ4n) is 3.97. The van der Waals surface area contributed by atoms with E-state index in [4.69, 9.17) is 14.5 Å². The Balaban J connectivity index is 1.88. The Morgan fingerprint density at radius 2 is 1.85 bits per heavy atom. The molecule has 4 aromatic rings. The number of hydrogen-bond acceptors (Lipinski definition) is 9. The van der Waals surface area contributed by atoms with E-state index in [0.29, 0.717) is 34.4 Å². The van der Waals surface area contributed by atoms with Crippen LogP contribution in [0.2, 0.25) is 0 Å². The molecule has 3 aromatic heterocycles. The molecule has 0 amide bonds. The minimum Gasteiger partial charge on any atom is -0.497 e. The maximum atomic E-state index is 13.0. The zero-order valence-corrected chi connectivity index (χ0v) is 24.1. The Hall–Kier alpha value is -4.49. The number of anilines is 2. The second-order valence-corrected chi connectivity index (χ2v) is 11.1. The molecule has 0 fully saturated rings. The van der Waals surface area contributed by atoms with Gasteiger partial charge in [0, 0.05) is 63.5 Å². The molecule has 40 heavy (non-hydrogen) atoms. The van der Waals surface area contributed by atoms with Gasteiger partial charge in [-0.1, -0.05) is 0 Å². The lowest BCUT2D eigenvalue weighted by atomic mass is 10.1. The first kappa shape index (κ1) is 28.5. The molecule has 210 valence electrons. The van der Waals surface area contributed by atoms with E-state index in [9.17, 15) is 8.42 Å². The molecule has 0 aliphatic heterocycles. The number of aliphatic imine (C=N–C) groups is 1. The molecule has 13 heteroatoms. The van der Waals surface area contributed by atoms with Gasteiger partial charge in [0.1, 0.15) is 23.1 Å². The van der Waals surface area contributed by atoms with Crippen LogP contribution in [0.5, 0.6) is 11.5 Å². The summed E-state index contributed by atoms with van der Waals surface area (Å²) in [5.74, 6) is 1.91. The van der Waals surface area contributed by atoms with Crippen molar-refractivity contribution in [1.82, 2.24) is 28.0 Å². The predicted octanol–water partition coefficient (Wildman–Crippen LogP) is 3.91. The van der Waals surface area contributed by atoms with Gasteiger partial charge in [0.15, 0.2) is 0 Å². The van der Waals surface area contributed by atoms with Crippen LogP contribution in [0.1, 0.15) is 24.0 Å². The first-order valence-corrected chi connectivity index (χ1v) is 13.6. The van der Waals surface area contributed by atoms with Crippen LogP contribution < -0.4 is 14.4 Å². The normalized spacial score (nSPS) is 12.0. The summed E-state index contributed by atoms with van der Waals surface area (Å²) >= 11 is 0. The highest BCUT2D eigenvalue weighted by molar-refractivity contribution is 7.87. The number of aryl methyl sites for hydroxylation is 1. The first-order chi connectivity index (χ1) is 19.1. The minimum atomic E-state index is -3.81. The molecule has 3 heterocycles. The summed E-state index contributed by atoms with van der Waals surface area (Å²) in [6.07, 6.45) is 8.46. The van der Waals surface area contributed by atoms with Gasteiger partial charge < -0.3 is 14.4 Å². The smallest absolute Gasteiger partial charge is 0.308 e. The largest absolute Gasteiger partial charge is 0.497 e. The maximum Gasteiger partial charge on any atom is 0.308 e. The molecule has 0 saturated heterocycles. The number of ether oxygens (including phenoxy) is 2. The van der Waals surface area contributed by atoms with Gasteiger partial charge >= 0.3 is 10.2 Å². The van der Waals surface area contributed by atoms with Gasteiger partial charge in [0.05, 0.1) is 44.0 Å². The zero-order valence-electron chi connectivity index (χ0n) is 23.3. The van der Waals surface area contributed by atoms with Gasteiger partial charge in [-0.05, 0) is 37.4 Å². The van der Waals surface area contributed by atoms with Crippen LogP contribution in [-0.4, -0.2) is 71.5 Å². The standard InChI is InChI=1S/C27H32N8O4S/c1-19(20-16-30-33(5)17-20)12-25-24(28-2)8-9-26(31-25)34(21-13-22(38-6)15-23(14-21)39-7)18-27-29-10-11-35(27)40(36,37)32(3)4/h8-17H,2,18H2,1,3-7H3/b19-12+. The highest BCUT2D eigenvalue weighted by Gasteiger charge is 2.24. The number of rotatable bonds is 11. The molecule has 1 aromatic carbocycles. The third kappa shape index (κ3) is 5.90. The molecular weight excluding hydrogens is 532 g/mol. The Morgan fingerprint density at radius 3 is 2.42 bits per heavy atom. The zero-order chi connectivity index (χ0) is 29.0. The molecular formula is C27H32N8O4S. The third-order valence-corrected chi connectivity index (χ3v) is 7.94. The van der Waals surface area contributed by atoms with Crippen LogP contribution in [0.3, 0.4) is 0 Å². The minimum absolute atomic E-state index is 0.0645. The molecule has 0 bridgehead atoms. The van der Waals surface area contributed by atoms with Crippen LogP contribution in [0.15, 0.2) is 60.1 Å². The molecule has 4 rings (SSSR count). The SMILES string of the molecule is C=Nc1ccc(N(Cc2nccn2S(=O)(=O)N(C)C)c2cc(OC)cc(OC)c2)nc1/C=C(\C)c1cnn(C)c1. The predicted molar refractivity (Wildman–Crippen MR) is 156 cm³/mol. The maximum absolute atomic E-state index is 13.0. The van der Waals surface area contributed by atoms with E-state index in [2.05, 4.69) is 21.8 Å². The highest BCUT2D eigenvalue weighted by Crippen LogP contribution is 2.35. The number of hydrogen-bond donors (Lipinski definition) is 0. The summed E-state index contributed by atoms with van der Waals surface area (Å²) in [7, 11) is 4.10. The molecule has 0 spiro atoms. The summed E-state index contributed by atoms with van der Waals surface area (Å²) in [5.41, 5.74) is 3.70. The van der Waals surface area contributed by atoms with Crippen LogP contribution in [-0.2, 0) is 23.8 Å². The summed E-state index contributed by atoms with van der Waals surface area (Å²) in [6.45, 7) is 5.73. The van der Waals surface area contributed by atoms with Crippen molar-refractivity contribution in [1.29, 1.82) is 0 Å². The van der Waals surface area contributed by atoms with Gasteiger partial charge in [-0.25, -0.2) is 13.9 Å². The average molecular weight is 565 g/mol. The molecule has 0 atom stereocenters. The quantitative estimate of drug-likeness (QED) is 0.252. The van der Waals surface area contributed by atoms with Gasteiger partial charge in [-0.15, -0.1) is 0 Å². The van der Waals surface area contributed by atoms with E-state index >= 15 is 0 Å². The van der Waals surface area contributed by atoms with Crippen molar-refractivity contribution in [3.63, 3.8) is 0 Å². The first-order valence-electron chi connectivity index (χ1n) is 12.2. The van der Waals surface area contributed by atoms with Crippen molar-refractivity contribution in [2.24, 2.45) is 12.0 Å². The van der Waals surface area contributed by atoms with Gasteiger partial charge in [-0.2, -0.15) is 17.8 Å². The molecule has 0 radical (unpaired) electrons. The van der Waals surface area contributed by atoms with Crippen LogP contribution in [0, 0.1) is 0 Å². The highest BCUT2D eigenvalue weighted by atomic mass is 32.2. The van der Waals surface area contributed by atoms with Crippen molar-refractivity contribution in [2.75, 3.05) is 33.2 Å². The second-order valence-electron chi connectivity index (χ2n) is 9.05. The number of allylic oxidation sites excluding steroid dienone is 1. The van der Waals surface area contributed by atoms with Gasteiger partial charge in [-0.3, -0.25) is 9.67 Å². The summed E-state index contributed by atoms with van der Waals surface area (Å²) in [4.78, 5) is 15.3. The summed E-state index contributed by atoms with van der Waals surface area (Å²) in [6, 6.07) is 8.98. The van der Waals surface area contributed by atoms with Crippen molar-refractivity contribution in [3.8, 4) is 11.5 Å². The molecule has 0 aliphatic rings. The Kier molecular flexibility index (Phi) is 8.35. The summed E-state index contributed by atoms with van der Waals surface area (Å²) in [5, 5.41) is 4.25. The number of aromatic nitrogens is 5.